The predicted molar refractivity (Wildman–Crippen MR) is 182 cm³/mol. The van der Waals surface area contributed by atoms with Gasteiger partial charge < -0.3 is 20.8 Å². The molecule has 0 aliphatic rings. The Morgan fingerprint density at radius 2 is 1.09 bits per heavy atom. The average Bonchev–Trinajstić information content (AvgIpc) is 3.50. The van der Waals surface area contributed by atoms with Gasteiger partial charge in [-0.1, -0.05) is 84.9 Å². The van der Waals surface area contributed by atoms with Gasteiger partial charge in [-0.2, -0.15) is 0 Å². The van der Waals surface area contributed by atoms with Crippen LogP contribution in [-0.4, -0.2) is 51.1 Å². The van der Waals surface area contributed by atoms with Crippen molar-refractivity contribution >= 4 is 5.65 Å². The third-order valence-corrected chi connectivity index (χ3v) is 8.39. The van der Waals surface area contributed by atoms with Crippen molar-refractivity contribution in [2.24, 2.45) is 0 Å². The van der Waals surface area contributed by atoms with E-state index in [0.717, 1.165) is 34.7 Å². The van der Waals surface area contributed by atoms with Crippen LogP contribution in [0.1, 0.15) is 22.3 Å². The van der Waals surface area contributed by atoms with E-state index < -0.39 is 0 Å². The Morgan fingerprint density at radius 3 is 1.64 bits per heavy atom. The molecule has 4 N–H and O–H groups in total. The van der Waals surface area contributed by atoms with Crippen molar-refractivity contribution in [3.63, 3.8) is 0 Å². The molecule has 0 amide bonds. The maximum absolute atomic E-state index is 9.03. The first-order valence-electron chi connectivity index (χ1n) is 15.4. The van der Waals surface area contributed by atoms with E-state index in [2.05, 4.69) is 138 Å². The van der Waals surface area contributed by atoms with Gasteiger partial charge in [0.2, 0.25) is 0 Å². The van der Waals surface area contributed by atoms with Gasteiger partial charge in [0.1, 0.15) is 0 Å². The summed E-state index contributed by atoms with van der Waals surface area (Å²) in [4.78, 5) is 0. The van der Waals surface area contributed by atoms with Gasteiger partial charge >= 0.3 is 0 Å². The first kappa shape index (κ1) is 30.4. The van der Waals surface area contributed by atoms with E-state index in [1.165, 1.54) is 44.5 Å². The van der Waals surface area contributed by atoms with Gasteiger partial charge in [0.25, 0.3) is 0 Å². The number of nitrogens with one attached hydrogen (secondary N) is 2. The van der Waals surface area contributed by atoms with E-state index in [1.54, 1.807) is 0 Å². The first-order chi connectivity index (χ1) is 22.1. The molecule has 45 heavy (non-hydrogen) atoms. The molecule has 0 saturated carbocycles. The molecular formula is C38H39N5O2. The number of rotatable bonds is 12. The normalized spacial score (nSPS) is 11.4. The van der Waals surface area contributed by atoms with E-state index in [1.807, 2.05) is 4.40 Å². The lowest BCUT2D eigenvalue weighted by atomic mass is 9.88. The molecule has 6 rings (SSSR count). The minimum absolute atomic E-state index is 0.129. The molecule has 0 fully saturated rings. The minimum atomic E-state index is 0.129. The standard InChI is InChI=1S/C38H39N5O2/c1-26-33(30-13-9-28(10-14-30)24-39-18-21-44)5-3-7-35(26)36-8-4-6-34(27(36)2)32-17-20-43-37(23-32)41-42-38(43)31-15-11-29(12-16-31)25-40-19-22-45/h3-17,20,23,39-40,44-45H,18-19,21-22,24-25H2,1-2H3. The van der Waals surface area contributed by atoms with Gasteiger partial charge in [-0.05, 0) is 81.6 Å². The number of benzene rings is 4. The van der Waals surface area contributed by atoms with Crippen LogP contribution < -0.4 is 10.6 Å². The largest absolute Gasteiger partial charge is 0.395 e. The Bertz CT molecular complexity index is 1900. The fourth-order valence-corrected chi connectivity index (χ4v) is 5.93. The SMILES string of the molecule is Cc1c(-c2ccc(CNCCO)cc2)cccc1-c1cccc(-c2ccn3c(-c4ccc(CNCCO)cc4)nnc3c2)c1C. The van der Waals surface area contributed by atoms with Crippen molar-refractivity contribution in [3.05, 3.63) is 126 Å². The van der Waals surface area contributed by atoms with E-state index in [9.17, 15) is 0 Å². The topological polar surface area (TPSA) is 94.7 Å². The molecule has 4 aromatic carbocycles. The Kier molecular flexibility index (Phi) is 9.43. The summed E-state index contributed by atoms with van der Waals surface area (Å²) in [6.45, 7) is 7.29. The van der Waals surface area contributed by atoms with Gasteiger partial charge in [-0.15, -0.1) is 10.2 Å². The predicted octanol–water partition coefficient (Wildman–Crippen LogP) is 6.18. The summed E-state index contributed by atoms with van der Waals surface area (Å²) in [5, 5.41) is 33.5. The highest BCUT2D eigenvalue weighted by atomic mass is 16.3. The number of aliphatic hydroxyl groups is 2. The van der Waals surface area contributed by atoms with E-state index in [0.29, 0.717) is 19.6 Å². The van der Waals surface area contributed by atoms with Gasteiger partial charge in [-0.3, -0.25) is 4.40 Å². The van der Waals surface area contributed by atoms with Crippen molar-refractivity contribution in [1.29, 1.82) is 0 Å². The van der Waals surface area contributed by atoms with Crippen molar-refractivity contribution < 1.29 is 10.2 Å². The van der Waals surface area contributed by atoms with Crippen LogP contribution in [0, 0.1) is 13.8 Å². The molecule has 0 bridgehead atoms. The number of aromatic nitrogens is 3. The lowest BCUT2D eigenvalue weighted by molar-refractivity contribution is 0.291. The van der Waals surface area contributed by atoms with Crippen molar-refractivity contribution in [2.45, 2.75) is 26.9 Å². The Balaban J connectivity index is 1.27. The highest BCUT2D eigenvalue weighted by molar-refractivity contribution is 5.84. The second kappa shape index (κ2) is 14.0. The molecule has 2 aromatic heterocycles. The number of aliphatic hydroxyl groups excluding tert-OH is 2. The highest BCUT2D eigenvalue weighted by Crippen LogP contribution is 2.37. The van der Waals surface area contributed by atoms with Gasteiger partial charge in [0.05, 0.1) is 13.2 Å². The molecule has 2 heterocycles. The second-order valence-electron chi connectivity index (χ2n) is 11.3. The van der Waals surface area contributed by atoms with Gasteiger partial charge in [0, 0.05) is 37.9 Å². The van der Waals surface area contributed by atoms with E-state index in [-0.39, 0.29) is 13.2 Å². The zero-order valence-corrected chi connectivity index (χ0v) is 25.8. The van der Waals surface area contributed by atoms with Crippen LogP contribution in [0.15, 0.2) is 103 Å². The van der Waals surface area contributed by atoms with Crippen LogP contribution in [0.3, 0.4) is 0 Å². The van der Waals surface area contributed by atoms with Crippen molar-refractivity contribution in [3.8, 4) is 44.8 Å². The van der Waals surface area contributed by atoms with Crippen LogP contribution in [0.4, 0.5) is 0 Å². The zero-order chi connectivity index (χ0) is 31.2. The van der Waals surface area contributed by atoms with Crippen LogP contribution >= 0.6 is 0 Å². The summed E-state index contributed by atoms with van der Waals surface area (Å²) in [5.41, 5.74) is 13.7. The third-order valence-electron chi connectivity index (χ3n) is 8.39. The summed E-state index contributed by atoms with van der Waals surface area (Å²) in [6, 6.07) is 34.2. The molecular weight excluding hydrogens is 558 g/mol. The monoisotopic (exact) mass is 597 g/mol. The molecule has 0 atom stereocenters. The molecule has 7 nitrogen and oxygen atoms in total. The van der Waals surface area contributed by atoms with Crippen LogP contribution in [0.5, 0.6) is 0 Å². The zero-order valence-electron chi connectivity index (χ0n) is 25.8. The maximum Gasteiger partial charge on any atom is 0.168 e. The van der Waals surface area contributed by atoms with E-state index in [4.69, 9.17) is 10.2 Å². The fraction of sp³-hybridized carbons (Fsp3) is 0.211. The fourth-order valence-electron chi connectivity index (χ4n) is 5.93. The Morgan fingerprint density at radius 1 is 0.578 bits per heavy atom. The molecule has 6 aromatic rings. The van der Waals surface area contributed by atoms with Crippen LogP contribution in [-0.2, 0) is 13.1 Å². The lowest BCUT2D eigenvalue weighted by Crippen LogP contribution is -2.17. The average molecular weight is 598 g/mol. The van der Waals surface area contributed by atoms with Gasteiger partial charge in [-0.25, -0.2) is 0 Å². The Hall–Kier alpha value is -4.66. The third kappa shape index (κ3) is 6.57. The number of fused-ring (bicyclic) bond motifs is 1. The molecule has 7 heteroatoms. The van der Waals surface area contributed by atoms with Crippen molar-refractivity contribution in [2.75, 3.05) is 26.3 Å². The summed E-state index contributed by atoms with van der Waals surface area (Å²) in [7, 11) is 0. The number of hydrogen-bond donors (Lipinski definition) is 4. The molecule has 228 valence electrons. The maximum atomic E-state index is 9.03. The summed E-state index contributed by atoms with van der Waals surface area (Å²) in [6.07, 6.45) is 2.05. The molecule has 0 aliphatic heterocycles. The quantitative estimate of drug-likeness (QED) is 0.126. The summed E-state index contributed by atoms with van der Waals surface area (Å²) < 4.78 is 2.03. The molecule has 0 radical (unpaired) electrons. The number of pyridine rings is 1. The highest BCUT2D eigenvalue weighted by Gasteiger charge is 2.15. The lowest BCUT2D eigenvalue weighted by Gasteiger charge is -2.17. The van der Waals surface area contributed by atoms with Crippen LogP contribution in [0.25, 0.3) is 50.4 Å². The Labute approximate surface area is 264 Å². The summed E-state index contributed by atoms with van der Waals surface area (Å²) in [5.74, 6) is 0.804. The van der Waals surface area contributed by atoms with Gasteiger partial charge in [0.15, 0.2) is 11.5 Å². The molecule has 0 saturated heterocycles. The number of nitrogens with zero attached hydrogens (tertiary/aromatic N) is 3. The van der Waals surface area contributed by atoms with Crippen LogP contribution in [0.2, 0.25) is 0 Å². The second-order valence-corrected chi connectivity index (χ2v) is 11.3. The number of hydrogen-bond acceptors (Lipinski definition) is 6. The molecule has 0 spiro atoms. The smallest absolute Gasteiger partial charge is 0.168 e. The first-order valence-corrected chi connectivity index (χ1v) is 15.4. The van der Waals surface area contributed by atoms with Crippen molar-refractivity contribution in [1.82, 2.24) is 25.2 Å². The minimum Gasteiger partial charge on any atom is -0.395 e. The molecule has 0 unspecified atom stereocenters. The summed E-state index contributed by atoms with van der Waals surface area (Å²) >= 11 is 0. The molecule has 0 aliphatic carbocycles. The van der Waals surface area contributed by atoms with E-state index >= 15 is 0 Å².